The second-order valence-electron chi connectivity index (χ2n) is 1.39. The lowest BCUT2D eigenvalue weighted by atomic mass is 10.4. The first-order valence-corrected chi connectivity index (χ1v) is 2.43. The number of aliphatic carboxylic acids is 2. The van der Waals surface area contributed by atoms with Crippen LogP contribution in [0.3, 0.4) is 0 Å². The normalized spacial score (nSPS) is 9.00. The van der Waals surface area contributed by atoms with Crippen molar-refractivity contribution in [1.82, 2.24) is 0 Å². The molecule has 0 fully saturated rings. The second-order valence-corrected chi connectivity index (χ2v) is 1.39. The molecule has 0 saturated carbocycles. The van der Waals surface area contributed by atoms with E-state index in [1.165, 1.54) is 0 Å². The Morgan fingerprint density at radius 3 is 1.25 bits per heavy atom. The van der Waals surface area contributed by atoms with E-state index in [1.807, 2.05) is 0 Å². The van der Waals surface area contributed by atoms with E-state index in [2.05, 4.69) is 0 Å². The molecule has 0 radical (unpaired) electrons. The van der Waals surface area contributed by atoms with Gasteiger partial charge in [-0.25, -0.2) is 9.59 Å². The van der Waals surface area contributed by atoms with Crippen LogP contribution in [0.1, 0.15) is 0 Å². The lowest BCUT2D eigenvalue weighted by molar-refractivity contribution is -0.132. The Morgan fingerprint density at radius 1 is 0.833 bits per heavy atom. The number of allylic oxidation sites excluding steroid dienone is 2. The van der Waals surface area contributed by atoms with Gasteiger partial charge in [0, 0.05) is 12.2 Å². The third-order valence-corrected chi connectivity index (χ3v) is 0.589. The number of rotatable bonds is 3. The summed E-state index contributed by atoms with van der Waals surface area (Å²) in [5, 5.41) is 16.0. The number of hydrogen-bond donors (Lipinski definition) is 2. The predicted octanol–water partition coefficient (Wildman–Crippen LogP) is 1.11. The van der Waals surface area contributed by atoms with Crippen LogP contribution in [0.15, 0.2) is 24.3 Å². The van der Waals surface area contributed by atoms with E-state index in [-0.39, 0.29) is 24.8 Å². The van der Waals surface area contributed by atoms with Gasteiger partial charge in [-0.2, -0.15) is 0 Å². The highest BCUT2D eigenvalue weighted by atomic mass is 35.5. The van der Waals surface area contributed by atoms with Crippen LogP contribution in [0.5, 0.6) is 0 Å². The van der Waals surface area contributed by atoms with Crippen molar-refractivity contribution in [3.05, 3.63) is 24.3 Å². The smallest absolute Gasteiger partial charge is 0.328 e. The van der Waals surface area contributed by atoms with Gasteiger partial charge in [0.15, 0.2) is 0 Å². The van der Waals surface area contributed by atoms with Gasteiger partial charge in [0.25, 0.3) is 0 Å². The summed E-state index contributed by atoms with van der Waals surface area (Å²) in [7, 11) is 0. The van der Waals surface area contributed by atoms with Crippen molar-refractivity contribution in [3.8, 4) is 0 Å². The van der Waals surface area contributed by atoms with Gasteiger partial charge >= 0.3 is 11.9 Å². The summed E-state index contributed by atoms with van der Waals surface area (Å²) in [6.45, 7) is 0. The SMILES string of the molecule is Cl.Cl.O=C(O)C=CC=CC(=O)O. The maximum Gasteiger partial charge on any atom is 0.328 e. The fourth-order valence-electron chi connectivity index (χ4n) is 0.276. The van der Waals surface area contributed by atoms with Gasteiger partial charge in [-0.1, -0.05) is 12.2 Å². The summed E-state index contributed by atoms with van der Waals surface area (Å²) in [4.78, 5) is 19.6. The first-order valence-electron chi connectivity index (χ1n) is 2.43. The van der Waals surface area contributed by atoms with Crippen molar-refractivity contribution in [1.29, 1.82) is 0 Å². The molecule has 6 heteroatoms. The standard InChI is InChI=1S/C6H6O4.2ClH/c7-5(8)3-1-2-4-6(9)10;;/h1-4H,(H,7,8)(H,9,10);2*1H. The summed E-state index contributed by atoms with van der Waals surface area (Å²) < 4.78 is 0. The molecule has 0 saturated heterocycles. The number of carboxylic acid groups (broad SMARTS) is 2. The Morgan fingerprint density at radius 2 is 1.08 bits per heavy atom. The topological polar surface area (TPSA) is 74.6 Å². The molecular weight excluding hydrogens is 207 g/mol. The summed E-state index contributed by atoms with van der Waals surface area (Å²) in [5.74, 6) is -2.20. The lowest BCUT2D eigenvalue weighted by Gasteiger charge is -1.75. The Kier molecular flexibility index (Phi) is 14.3. The van der Waals surface area contributed by atoms with Crippen LogP contribution >= 0.6 is 24.8 Å². The van der Waals surface area contributed by atoms with E-state index in [1.54, 1.807) is 0 Å². The van der Waals surface area contributed by atoms with Crippen LogP contribution < -0.4 is 0 Å². The van der Waals surface area contributed by atoms with E-state index in [9.17, 15) is 9.59 Å². The zero-order chi connectivity index (χ0) is 7.98. The largest absolute Gasteiger partial charge is 0.478 e. The van der Waals surface area contributed by atoms with E-state index in [4.69, 9.17) is 10.2 Å². The molecule has 4 nitrogen and oxygen atoms in total. The van der Waals surface area contributed by atoms with Gasteiger partial charge in [0.2, 0.25) is 0 Å². The molecule has 0 bridgehead atoms. The second kappa shape index (κ2) is 10.0. The van der Waals surface area contributed by atoms with Gasteiger partial charge in [0.1, 0.15) is 0 Å². The van der Waals surface area contributed by atoms with Crippen LogP contribution in [0, 0.1) is 0 Å². The maximum atomic E-state index is 9.78. The summed E-state index contributed by atoms with van der Waals surface area (Å²) >= 11 is 0. The summed E-state index contributed by atoms with van der Waals surface area (Å²) in [6, 6.07) is 0. The average molecular weight is 215 g/mol. The van der Waals surface area contributed by atoms with Crippen LogP contribution in [0.25, 0.3) is 0 Å². The van der Waals surface area contributed by atoms with E-state index in [0.29, 0.717) is 0 Å². The van der Waals surface area contributed by atoms with Crippen molar-refractivity contribution in [2.45, 2.75) is 0 Å². The fraction of sp³-hybridized carbons (Fsp3) is 0. The lowest BCUT2D eigenvalue weighted by Crippen LogP contribution is -1.86. The monoisotopic (exact) mass is 214 g/mol. The number of carbonyl (C=O) groups is 2. The Labute approximate surface area is 81.4 Å². The number of halogens is 2. The van der Waals surface area contributed by atoms with Gasteiger partial charge in [-0.3, -0.25) is 0 Å². The third kappa shape index (κ3) is 16.0. The molecule has 0 aromatic rings. The molecule has 0 amide bonds. The Hall–Kier alpha value is -1.00. The highest BCUT2D eigenvalue weighted by Crippen LogP contribution is 1.76. The van der Waals surface area contributed by atoms with E-state index < -0.39 is 11.9 Å². The molecule has 0 aliphatic carbocycles. The van der Waals surface area contributed by atoms with Crippen LogP contribution in [-0.4, -0.2) is 22.2 Å². The molecule has 0 unspecified atom stereocenters. The molecule has 0 aliphatic rings. The minimum Gasteiger partial charge on any atom is -0.478 e. The van der Waals surface area contributed by atoms with Crippen molar-refractivity contribution < 1.29 is 19.8 Å². The van der Waals surface area contributed by atoms with Gasteiger partial charge in [0.05, 0.1) is 0 Å². The Bertz CT molecular complexity index is 176. The number of hydrogen-bond acceptors (Lipinski definition) is 2. The first kappa shape index (κ1) is 17.2. The molecule has 2 N–H and O–H groups in total. The van der Waals surface area contributed by atoms with Crippen molar-refractivity contribution in [3.63, 3.8) is 0 Å². The third-order valence-electron chi connectivity index (χ3n) is 0.589. The van der Waals surface area contributed by atoms with Crippen LogP contribution in [0.2, 0.25) is 0 Å². The Balaban J connectivity index is -0.000000405. The van der Waals surface area contributed by atoms with Gasteiger partial charge in [-0.15, -0.1) is 24.8 Å². The minimum atomic E-state index is -1.10. The molecule has 0 heterocycles. The molecule has 0 atom stereocenters. The molecular formula is C6H8Cl2O4. The van der Waals surface area contributed by atoms with Gasteiger partial charge < -0.3 is 10.2 Å². The highest BCUT2D eigenvalue weighted by molar-refractivity contribution is 5.85. The van der Waals surface area contributed by atoms with Crippen LogP contribution in [0.4, 0.5) is 0 Å². The molecule has 70 valence electrons. The summed E-state index contributed by atoms with van der Waals surface area (Å²) in [6.07, 6.45) is 3.96. The molecule has 0 aliphatic heterocycles. The maximum absolute atomic E-state index is 9.78. The molecule has 0 aromatic heterocycles. The summed E-state index contributed by atoms with van der Waals surface area (Å²) in [5.41, 5.74) is 0. The van der Waals surface area contributed by atoms with Gasteiger partial charge in [-0.05, 0) is 0 Å². The quantitative estimate of drug-likeness (QED) is 0.546. The van der Waals surface area contributed by atoms with E-state index >= 15 is 0 Å². The predicted molar refractivity (Wildman–Crippen MR) is 48.0 cm³/mol. The molecule has 0 aromatic carbocycles. The first-order chi connectivity index (χ1) is 4.63. The zero-order valence-electron chi connectivity index (χ0n) is 5.84. The van der Waals surface area contributed by atoms with Crippen molar-refractivity contribution in [2.24, 2.45) is 0 Å². The number of carboxylic acids is 2. The van der Waals surface area contributed by atoms with Crippen molar-refractivity contribution in [2.75, 3.05) is 0 Å². The van der Waals surface area contributed by atoms with Crippen LogP contribution in [-0.2, 0) is 9.59 Å². The minimum absolute atomic E-state index is 0. The highest BCUT2D eigenvalue weighted by Gasteiger charge is 1.83. The van der Waals surface area contributed by atoms with E-state index in [0.717, 1.165) is 24.3 Å². The average Bonchev–Trinajstić information content (AvgIpc) is 1.79. The van der Waals surface area contributed by atoms with Crippen molar-refractivity contribution >= 4 is 36.8 Å². The molecule has 0 rings (SSSR count). The molecule has 12 heavy (non-hydrogen) atoms. The molecule has 0 spiro atoms. The fourth-order valence-corrected chi connectivity index (χ4v) is 0.276. The zero-order valence-corrected chi connectivity index (χ0v) is 7.47.